The Morgan fingerprint density at radius 3 is 2.64 bits per heavy atom. The topological polar surface area (TPSA) is 76.1 Å². The number of methoxy groups -OCH3 is 1. The van der Waals surface area contributed by atoms with Crippen molar-refractivity contribution in [3.8, 4) is 11.5 Å². The Kier molecular flexibility index (Phi) is 6.49. The van der Waals surface area contributed by atoms with Crippen LogP contribution in [0.4, 0.5) is 0 Å². The third-order valence-corrected chi connectivity index (χ3v) is 3.54. The molecule has 1 heterocycles. The number of carbonyl (C=O) groups is 2. The van der Waals surface area contributed by atoms with E-state index in [0.29, 0.717) is 36.6 Å². The van der Waals surface area contributed by atoms with Gasteiger partial charge in [0.25, 0.3) is 5.91 Å². The van der Waals surface area contributed by atoms with Crippen LogP contribution in [0.5, 0.6) is 11.5 Å². The van der Waals surface area contributed by atoms with Crippen LogP contribution in [0.2, 0.25) is 0 Å². The molecule has 1 saturated heterocycles. The number of amides is 1. The molecule has 6 nitrogen and oxygen atoms in total. The Bertz CT molecular complexity index is 549. The van der Waals surface area contributed by atoms with Gasteiger partial charge in [-0.25, -0.2) is 0 Å². The highest BCUT2D eigenvalue weighted by Crippen LogP contribution is 2.29. The summed E-state index contributed by atoms with van der Waals surface area (Å²) in [5.74, 6) is -0.422. The van der Waals surface area contributed by atoms with Gasteiger partial charge in [-0.2, -0.15) is 0 Å². The molecule has 0 radical (unpaired) electrons. The van der Waals surface area contributed by atoms with Crippen molar-refractivity contribution in [1.29, 1.82) is 0 Å². The fourth-order valence-corrected chi connectivity index (χ4v) is 2.41. The Balaban J connectivity index is 0.00000242. The SMILES string of the molecule is CCOc1cc(C(=O)N2CCC(C(=O)O)C2)ccc1OC.Cl. The lowest BCUT2D eigenvalue weighted by molar-refractivity contribution is -0.141. The van der Waals surface area contributed by atoms with Gasteiger partial charge in [0, 0.05) is 18.7 Å². The summed E-state index contributed by atoms with van der Waals surface area (Å²) < 4.78 is 10.6. The number of carboxylic acid groups (broad SMARTS) is 1. The lowest BCUT2D eigenvalue weighted by Gasteiger charge is -2.17. The molecule has 2 rings (SSSR count). The molecular formula is C15H20ClNO5. The van der Waals surface area contributed by atoms with Crippen LogP contribution < -0.4 is 9.47 Å². The van der Waals surface area contributed by atoms with Crippen LogP contribution in [0.1, 0.15) is 23.7 Å². The number of carbonyl (C=O) groups excluding carboxylic acids is 1. The first kappa shape index (κ1) is 18.1. The van der Waals surface area contributed by atoms with Gasteiger partial charge in [-0.3, -0.25) is 9.59 Å². The maximum absolute atomic E-state index is 12.4. The van der Waals surface area contributed by atoms with Crippen molar-refractivity contribution in [2.75, 3.05) is 26.8 Å². The lowest BCUT2D eigenvalue weighted by Crippen LogP contribution is -2.29. The molecule has 1 N–H and O–H groups in total. The van der Waals surface area contributed by atoms with Crippen LogP contribution in [-0.2, 0) is 4.79 Å². The van der Waals surface area contributed by atoms with Gasteiger partial charge in [0.15, 0.2) is 11.5 Å². The zero-order valence-electron chi connectivity index (χ0n) is 12.6. The van der Waals surface area contributed by atoms with Crippen LogP contribution in [0.25, 0.3) is 0 Å². The number of rotatable bonds is 5. The van der Waals surface area contributed by atoms with Crippen LogP contribution in [0, 0.1) is 5.92 Å². The van der Waals surface area contributed by atoms with Crippen molar-refractivity contribution in [3.05, 3.63) is 23.8 Å². The standard InChI is InChI=1S/C15H19NO5.ClH/c1-3-21-13-8-10(4-5-12(13)20-2)14(17)16-7-6-11(9-16)15(18)19;/h4-5,8,11H,3,6-7,9H2,1-2H3,(H,18,19);1H. The van der Waals surface area contributed by atoms with E-state index < -0.39 is 11.9 Å². The minimum Gasteiger partial charge on any atom is -0.493 e. The molecular weight excluding hydrogens is 310 g/mol. The first-order chi connectivity index (χ1) is 10.1. The van der Waals surface area contributed by atoms with Gasteiger partial charge >= 0.3 is 5.97 Å². The van der Waals surface area contributed by atoms with E-state index in [1.807, 2.05) is 6.92 Å². The summed E-state index contributed by atoms with van der Waals surface area (Å²) in [4.78, 5) is 24.9. The molecule has 1 atom stereocenters. The Morgan fingerprint density at radius 2 is 2.09 bits per heavy atom. The summed E-state index contributed by atoms with van der Waals surface area (Å²) in [5.41, 5.74) is 0.477. The highest BCUT2D eigenvalue weighted by atomic mass is 35.5. The number of halogens is 1. The van der Waals surface area contributed by atoms with Crippen LogP contribution in [-0.4, -0.2) is 48.7 Å². The van der Waals surface area contributed by atoms with Gasteiger partial charge in [0.1, 0.15) is 0 Å². The molecule has 1 aliphatic rings. The highest BCUT2D eigenvalue weighted by Gasteiger charge is 2.31. The van der Waals surface area contributed by atoms with Gasteiger partial charge in [-0.1, -0.05) is 0 Å². The fourth-order valence-electron chi connectivity index (χ4n) is 2.41. The summed E-state index contributed by atoms with van der Waals surface area (Å²) in [5, 5.41) is 8.99. The first-order valence-electron chi connectivity index (χ1n) is 6.89. The van der Waals surface area contributed by atoms with Gasteiger partial charge in [0.2, 0.25) is 0 Å². The summed E-state index contributed by atoms with van der Waals surface area (Å²) >= 11 is 0. The zero-order chi connectivity index (χ0) is 15.4. The van der Waals surface area contributed by atoms with Crippen molar-refractivity contribution in [1.82, 2.24) is 4.90 Å². The first-order valence-corrected chi connectivity index (χ1v) is 6.89. The second-order valence-corrected chi connectivity index (χ2v) is 4.87. The second kappa shape index (κ2) is 7.89. The monoisotopic (exact) mass is 329 g/mol. The van der Waals surface area contributed by atoms with E-state index >= 15 is 0 Å². The van der Waals surface area contributed by atoms with Gasteiger partial charge in [-0.15, -0.1) is 12.4 Å². The van der Waals surface area contributed by atoms with E-state index in [9.17, 15) is 9.59 Å². The van der Waals surface area contributed by atoms with Crippen molar-refractivity contribution >= 4 is 24.3 Å². The van der Waals surface area contributed by atoms with E-state index in [2.05, 4.69) is 0 Å². The molecule has 1 aromatic rings. The molecule has 0 spiro atoms. The number of aliphatic carboxylic acids is 1. The largest absolute Gasteiger partial charge is 0.493 e. The number of benzene rings is 1. The van der Waals surface area contributed by atoms with Crippen molar-refractivity contribution in [3.63, 3.8) is 0 Å². The Labute approximate surface area is 135 Å². The van der Waals surface area contributed by atoms with Crippen LogP contribution in [0.3, 0.4) is 0 Å². The molecule has 0 saturated carbocycles. The summed E-state index contributed by atoms with van der Waals surface area (Å²) in [6, 6.07) is 4.99. The van der Waals surface area contributed by atoms with Crippen molar-refractivity contribution in [2.24, 2.45) is 5.92 Å². The summed E-state index contributed by atoms with van der Waals surface area (Å²) in [6.45, 7) is 3.04. The quantitative estimate of drug-likeness (QED) is 0.895. The number of likely N-dealkylation sites (tertiary alicyclic amines) is 1. The minimum absolute atomic E-state index is 0. The van der Waals surface area contributed by atoms with Gasteiger partial charge in [-0.05, 0) is 31.5 Å². The molecule has 22 heavy (non-hydrogen) atoms. The highest BCUT2D eigenvalue weighted by molar-refractivity contribution is 5.95. The number of hydrogen-bond acceptors (Lipinski definition) is 4. The van der Waals surface area contributed by atoms with Crippen molar-refractivity contribution < 1.29 is 24.2 Å². The number of hydrogen-bond donors (Lipinski definition) is 1. The average molecular weight is 330 g/mol. The number of nitrogens with zero attached hydrogens (tertiary/aromatic N) is 1. The Hall–Kier alpha value is -1.95. The van der Waals surface area contributed by atoms with Gasteiger partial charge in [0.05, 0.1) is 19.6 Å². The Morgan fingerprint density at radius 1 is 1.36 bits per heavy atom. The summed E-state index contributed by atoms with van der Waals surface area (Å²) in [6.07, 6.45) is 0.496. The molecule has 1 unspecified atom stereocenters. The molecule has 1 fully saturated rings. The maximum atomic E-state index is 12.4. The fraction of sp³-hybridized carbons (Fsp3) is 0.467. The molecule has 1 aromatic carbocycles. The van der Waals surface area contributed by atoms with E-state index in [-0.39, 0.29) is 24.9 Å². The smallest absolute Gasteiger partial charge is 0.308 e. The molecule has 1 amide bonds. The lowest BCUT2D eigenvalue weighted by atomic mass is 10.1. The number of carboxylic acids is 1. The molecule has 7 heteroatoms. The average Bonchev–Trinajstić information content (AvgIpc) is 2.97. The number of ether oxygens (including phenoxy) is 2. The van der Waals surface area contributed by atoms with Crippen molar-refractivity contribution in [2.45, 2.75) is 13.3 Å². The third kappa shape index (κ3) is 3.82. The van der Waals surface area contributed by atoms with E-state index in [0.717, 1.165) is 0 Å². The molecule has 122 valence electrons. The van der Waals surface area contributed by atoms with E-state index in [1.165, 1.54) is 7.11 Å². The van der Waals surface area contributed by atoms with Crippen LogP contribution >= 0.6 is 12.4 Å². The minimum atomic E-state index is -0.852. The van der Waals surface area contributed by atoms with E-state index in [4.69, 9.17) is 14.6 Å². The van der Waals surface area contributed by atoms with E-state index in [1.54, 1.807) is 23.1 Å². The van der Waals surface area contributed by atoms with Gasteiger partial charge < -0.3 is 19.5 Å². The second-order valence-electron chi connectivity index (χ2n) is 4.87. The maximum Gasteiger partial charge on any atom is 0.308 e. The molecule has 0 bridgehead atoms. The molecule has 0 aliphatic carbocycles. The normalized spacial score (nSPS) is 16.8. The zero-order valence-corrected chi connectivity index (χ0v) is 13.4. The third-order valence-electron chi connectivity index (χ3n) is 3.54. The van der Waals surface area contributed by atoms with Crippen LogP contribution in [0.15, 0.2) is 18.2 Å². The molecule has 0 aromatic heterocycles. The molecule has 1 aliphatic heterocycles. The summed E-state index contributed by atoms with van der Waals surface area (Å²) in [7, 11) is 1.54. The predicted molar refractivity (Wildman–Crippen MR) is 83.1 cm³/mol. The predicted octanol–water partition coefficient (Wildman–Crippen LogP) is 2.06.